The Kier molecular flexibility index (Phi) is 2.70. The number of anilines is 1. The maximum atomic E-state index is 5.75. The van der Waals surface area contributed by atoms with Crippen molar-refractivity contribution in [3.05, 3.63) is 18.2 Å². The van der Waals surface area contributed by atoms with Crippen molar-refractivity contribution in [2.75, 3.05) is 37.9 Å². The summed E-state index contributed by atoms with van der Waals surface area (Å²) >= 11 is 0. The molecule has 4 rings (SSSR count). The fourth-order valence-electron chi connectivity index (χ4n) is 2.35. The van der Waals surface area contributed by atoms with Crippen LogP contribution < -0.4 is 19.7 Å². The quantitative estimate of drug-likeness (QED) is 0.871. The molecule has 0 spiro atoms. The van der Waals surface area contributed by atoms with E-state index >= 15 is 0 Å². The van der Waals surface area contributed by atoms with Gasteiger partial charge in [0.05, 0.1) is 0 Å². The second kappa shape index (κ2) is 4.68. The van der Waals surface area contributed by atoms with Gasteiger partial charge in [-0.15, -0.1) is 5.10 Å². The molecule has 1 aromatic carbocycles. The van der Waals surface area contributed by atoms with Crippen molar-refractivity contribution < 1.29 is 13.9 Å². The Morgan fingerprint density at radius 3 is 2.80 bits per heavy atom. The van der Waals surface area contributed by atoms with Gasteiger partial charge in [0.25, 0.3) is 0 Å². The van der Waals surface area contributed by atoms with Crippen LogP contribution in [0.2, 0.25) is 0 Å². The second-order valence-corrected chi connectivity index (χ2v) is 4.69. The van der Waals surface area contributed by atoms with Crippen LogP contribution in [0.4, 0.5) is 6.01 Å². The predicted octanol–water partition coefficient (Wildman–Crippen LogP) is 0.875. The van der Waals surface area contributed by atoms with E-state index < -0.39 is 0 Å². The summed E-state index contributed by atoms with van der Waals surface area (Å²) in [6, 6.07) is 6.17. The number of rotatable bonds is 2. The molecule has 0 bridgehead atoms. The van der Waals surface area contributed by atoms with Crippen LogP contribution in [0.1, 0.15) is 0 Å². The zero-order valence-electron chi connectivity index (χ0n) is 10.8. The summed E-state index contributed by atoms with van der Waals surface area (Å²) in [7, 11) is 0. The lowest BCUT2D eigenvalue weighted by Gasteiger charge is -2.24. The highest BCUT2D eigenvalue weighted by Gasteiger charge is 2.19. The molecule has 1 fully saturated rings. The first-order valence-electron chi connectivity index (χ1n) is 6.59. The predicted molar refractivity (Wildman–Crippen MR) is 70.9 cm³/mol. The van der Waals surface area contributed by atoms with E-state index in [0.717, 1.165) is 37.5 Å². The normalized spacial score (nSPS) is 17.5. The van der Waals surface area contributed by atoms with E-state index in [1.165, 1.54) is 0 Å². The molecule has 1 N–H and O–H groups in total. The topological polar surface area (TPSA) is 72.7 Å². The van der Waals surface area contributed by atoms with Gasteiger partial charge in [-0.25, -0.2) is 0 Å². The summed E-state index contributed by atoms with van der Waals surface area (Å²) in [5, 5.41) is 11.5. The highest BCUT2D eigenvalue weighted by Crippen LogP contribution is 2.35. The molecule has 2 aromatic rings. The van der Waals surface area contributed by atoms with E-state index in [1.54, 1.807) is 0 Å². The Morgan fingerprint density at radius 2 is 1.90 bits per heavy atom. The molecular weight excluding hydrogens is 260 g/mol. The maximum absolute atomic E-state index is 5.75. The first kappa shape index (κ1) is 11.5. The molecule has 104 valence electrons. The van der Waals surface area contributed by atoms with Gasteiger partial charge in [-0.3, -0.25) is 0 Å². The van der Waals surface area contributed by atoms with Crippen LogP contribution >= 0.6 is 0 Å². The average molecular weight is 274 g/mol. The van der Waals surface area contributed by atoms with Crippen molar-refractivity contribution in [1.29, 1.82) is 0 Å². The molecule has 0 amide bonds. The van der Waals surface area contributed by atoms with Gasteiger partial charge in [0.1, 0.15) is 0 Å². The molecule has 0 aliphatic carbocycles. The molecule has 1 saturated heterocycles. The fourth-order valence-corrected chi connectivity index (χ4v) is 2.35. The Morgan fingerprint density at radius 1 is 1.05 bits per heavy atom. The van der Waals surface area contributed by atoms with Crippen molar-refractivity contribution in [2.45, 2.75) is 0 Å². The van der Waals surface area contributed by atoms with Gasteiger partial charge in [0.2, 0.25) is 12.7 Å². The summed E-state index contributed by atoms with van der Waals surface area (Å²) < 4.78 is 16.4. The number of hydrogen-bond donors (Lipinski definition) is 1. The van der Waals surface area contributed by atoms with E-state index in [4.69, 9.17) is 13.9 Å². The maximum Gasteiger partial charge on any atom is 0.318 e. The molecule has 3 heterocycles. The lowest BCUT2D eigenvalue weighted by Crippen LogP contribution is -2.43. The molecule has 0 unspecified atom stereocenters. The number of ether oxygens (including phenoxy) is 2. The molecule has 2 aliphatic heterocycles. The number of fused-ring (bicyclic) bond motifs is 1. The second-order valence-electron chi connectivity index (χ2n) is 4.69. The number of benzene rings is 1. The van der Waals surface area contributed by atoms with Crippen LogP contribution in [0.25, 0.3) is 11.5 Å². The molecule has 7 nitrogen and oxygen atoms in total. The summed E-state index contributed by atoms with van der Waals surface area (Å²) in [5.41, 5.74) is 0.836. The first-order chi connectivity index (χ1) is 9.90. The molecule has 20 heavy (non-hydrogen) atoms. The summed E-state index contributed by atoms with van der Waals surface area (Å²) in [5.74, 6) is 1.96. The van der Waals surface area contributed by atoms with Crippen LogP contribution in [0, 0.1) is 0 Å². The van der Waals surface area contributed by atoms with E-state index in [2.05, 4.69) is 20.4 Å². The third-order valence-corrected chi connectivity index (χ3v) is 3.42. The van der Waals surface area contributed by atoms with Gasteiger partial charge in [-0.05, 0) is 18.2 Å². The van der Waals surface area contributed by atoms with Gasteiger partial charge < -0.3 is 24.1 Å². The van der Waals surface area contributed by atoms with E-state index in [9.17, 15) is 0 Å². The Labute approximate surface area is 115 Å². The SMILES string of the molecule is c1cc2c(cc1-c1nnc(N3CCNCC3)o1)OCO2. The lowest BCUT2D eigenvalue weighted by atomic mass is 10.2. The van der Waals surface area contributed by atoms with Gasteiger partial charge in [-0.1, -0.05) is 5.10 Å². The molecule has 7 heteroatoms. The smallest absolute Gasteiger partial charge is 0.318 e. The Hall–Kier alpha value is -2.28. The van der Waals surface area contributed by atoms with Crippen molar-refractivity contribution in [3.63, 3.8) is 0 Å². The fraction of sp³-hybridized carbons (Fsp3) is 0.385. The molecule has 1 aromatic heterocycles. The standard InChI is InChI=1S/C13H14N4O3/c1-2-10-11(19-8-18-10)7-9(1)12-15-16-13(20-12)17-5-3-14-4-6-17/h1-2,7,14H,3-6,8H2. The minimum absolute atomic E-state index is 0.259. The van der Waals surface area contributed by atoms with E-state index in [-0.39, 0.29) is 6.79 Å². The number of nitrogens with zero attached hydrogens (tertiary/aromatic N) is 3. The van der Waals surface area contributed by atoms with Crippen molar-refractivity contribution in [3.8, 4) is 23.0 Å². The first-order valence-corrected chi connectivity index (χ1v) is 6.59. The minimum Gasteiger partial charge on any atom is -0.454 e. The van der Waals surface area contributed by atoms with Gasteiger partial charge in [0, 0.05) is 31.7 Å². The number of nitrogens with one attached hydrogen (secondary N) is 1. The van der Waals surface area contributed by atoms with E-state index in [1.807, 2.05) is 18.2 Å². The van der Waals surface area contributed by atoms with Crippen LogP contribution in [-0.2, 0) is 0 Å². The Bertz CT molecular complexity index is 622. The lowest BCUT2D eigenvalue weighted by molar-refractivity contribution is 0.174. The highest BCUT2D eigenvalue weighted by atomic mass is 16.7. The number of piperazine rings is 1. The number of aromatic nitrogens is 2. The third kappa shape index (κ3) is 1.96. The highest BCUT2D eigenvalue weighted by molar-refractivity contribution is 5.60. The zero-order chi connectivity index (χ0) is 13.4. The molecule has 0 atom stereocenters. The summed E-state index contributed by atoms with van der Waals surface area (Å²) in [6.45, 7) is 3.88. The number of hydrogen-bond acceptors (Lipinski definition) is 7. The molecule has 0 saturated carbocycles. The third-order valence-electron chi connectivity index (χ3n) is 3.42. The van der Waals surface area contributed by atoms with Gasteiger partial charge in [-0.2, -0.15) is 0 Å². The van der Waals surface area contributed by atoms with Gasteiger partial charge in [0.15, 0.2) is 11.5 Å². The monoisotopic (exact) mass is 274 g/mol. The van der Waals surface area contributed by atoms with Crippen LogP contribution in [0.3, 0.4) is 0 Å². The summed E-state index contributed by atoms with van der Waals surface area (Å²) in [4.78, 5) is 2.08. The molecule has 0 radical (unpaired) electrons. The minimum atomic E-state index is 0.259. The van der Waals surface area contributed by atoms with Crippen molar-refractivity contribution in [1.82, 2.24) is 15.5 Å². The molecule has 2 aliphatic rings. The van der Waals surface area contributed by atoms with Crippen LogP contribution in [-0.4, -0.2) is 43.2 Å². The largest absolute Gasteiger partial charge is 0.454 e. The van der Waals surface area contributed by atoms with Crippen molar-refractivity contribution in [2.24, 2.45) is 0 Å². The van der Waals surface area contributed by atoms with Crippen LogP contribution in [0.5, 0.6) is 11.5 Å². The average Bonchev–Trinajstić information content (AvgIpc) is 3.16. The zero-order valence-corrected chi connectivity index (χ0v) is 10.8. The molecular formula is C13H14N4O3. The Balaban J connectivity index is 1.61. The summed E-state index contributed by atoms with van der Waals surface area (Å²) in [6.07, 6.45) is 0. The van der Waals surface area contributed by atoms with Gasteiger partial charge >= 0.3 is 6.01 Å². The van der Waals surface area contributed by atoms with Crippen molar-refractivity contribution >= 4 is 6.01 Å². The van der Waals surface area contributed by atoms with E-state index in [0.29, 0.717) is 17.7 Å². The van der Waals surface area contributed by atoms with Crippen LogP contribution in [0.15, 0.2) is 22.6 Å².